The van der Waals surface area contributed by atoms with Gasteiger partial charge < -0.3 is 16.0 Å². The zero-order valence-electron chi connectivity index (χ0n) is 10.0. The highest BCUT2D eigenvalue weighted by atomic mass is 32.2. The van der Waals surface area contributed by atoms with Gasteiger partial charge in [0, 0.05) is 25.3 Å². The summed E-state index contributed by atoms with van der Waals surface area (Å²) in [7, 11) is 0. The van der Waals surface area contributed by atoms with Crippen LogP contribution in [0.25, 0.3) is 0 Å². The predicted octanol–water partition coefficient (Wildman–Crippen LogP) is -0.239. The molecule has 2 unspecified atom stereocenters. The van der Waals surface area contributed by atoms with Crippen molar-refractivity contribution in [2.24, 2.45) is 11.7 Å². The number of nitrogens with two attached hydrogens (primary N) is 1. The van der Waals surface area contributed by atoms with Gasteiger partial charge in [-0.25, -0.2) is 0 Å². The maximum absolute atomic E-state index is 11.9. The van der Waals surface area contributed by atoms with Crippen LogP contribution in [0.15, 0.2) is 0 Å². The van der Waals surface area contributed by atoms with Gasteiger partial charge >= 0.3 is 0 Å². The number of nitrogens with one attached hydrogen (secondary N) is 1. The summed E-state index contributed by atoms with van der Waals surface area (Å²) < 4.78 is 0. The Labute approximate surface area is 105 Å². The summed E-state index contributed by atoms with van der Waals surface area (Å²) in [6.45, 7) is 2.03. The molecule has 2 amide bonds. The Hall–Kier alpha value is -0.750. The third-order valence-corrected chi connectivity index (χ3v) is 4.34. The second kappa shape index (κ2) is 5.27. The van der Waals surface area contributed by atoms with Gasteiger partial charge in [-0.3, -0.25) is 9.59 Å². The molecule has 0 aromatic rings. The molecule has 96 valence electrons. The molecule has 2 atom stereocenters. The lowest BCUT2D eigenvalue weighted by atomic mass is 10.2. The Morgan fingerprint density at radius 3 is 2.82 bits per heavy atom. The third-order valence-electron chi connectivity index (χ3n) is 3.33. The topological polar surface area (TPSA) is 75.4 Å². The van der Waals surface area contributed by atoms with Gasteiger partial charge in [-0.2, -0.15) is 0 Å². The maximum Gasteiger partial charge on any atom is 0.243 e. The minimum absolute atomic E-state index is 0.0401. The van der Waals surface area contributed by atoms with Crippen molar-refractivity contribution in [1.82, 2.24) is 10.2 Å². The maximum atomic E-state index is 11.9. The highest BCUT2D eigenvalue weighted by Crippen LogP contribution is 2.31. The average Bonchev–Trinajstić information content (AvgIpc) is 3.02. The molecule has 0 aromatic carbocycles. The Balaban J connectivity index is 1.80. The molecule has 1 saturated heterocycles. The van der Waals surface area contributed by atoms with Crippen LogP contribution in [0.5, 0.6) is 0 Å². The number of carbonyl (C=O) groups excluding carboxylic acids is 2. The lowest BCUT2D eigenvalue weighted by Crippen LogP contribution is -2.49. The van der Waals surface area contributed by atoms with E-state index < -0.39 is 0 Å². The van der Waals surface area contributed by atoms with E-state index in [4.69, 9.17) is 5.73 Å². The van der Waals surface area contributed by atoms with Crippen molar-refractivity contribution < 1.29 is 9.59 Å². The number of hydrogen-bond donors (Lipinski definition) is 2. The number of rotatable bonds is 4. The summed E-state index contributed by atoms with van der Waals surface area (Å²) in [5, 5.41) is 2.86. The molecule has 5 nitrogen and oxygen atoms in total. The molecular formula is C11H19N3O2S. The summed E-state index contributed by atoms with van der Waals surface area (Å²) in [4.78, 5) is 24.9. The second-order valence-electron chi connectivity index (χ2n) is 4.75. The van der Waals surface area contributed by atoms with Crippen LogP contribution in [-0.2, 0) is 9.59 Å². The molecule has 0 radical (unpaired) electrons. The highest BCUT2D eigenvalue weighted by molar-refractivity contribution is 7.99. The molecule has 2 fully saturated rings. The van der Waals surface area contributed by atoms with Crippen LogP contribution in [0.2, 0.25) is 0 Å². The predicted molar refractivity (Wildman–Crippen MR) is 67.3 cm³/mol. The fraction of sp³-hybridized carbons (Fsp3) is 0.818. The lowest BCUT2D eigenvalue weighted by molar-refractivity contribution is -0.136. The SMILES string of the molecule is CC(=O)N1CSCC1C(=O)NCC(N)C1CC1. The number of thioether (sulfide) groups is 1. The molecule has 0 bridgehead atoms. The summed E-state index contributed by atoms with van der Waals surface area (Å²) in [5.74, 6) is 1.77. The Bertz CT molecular complexity index is 320. The quantitative estimate of drug-likeness (QED) is 0.729. The fourth-order valence-electron chi connectivity index (χ4n) is 2.00. The smallest absolute Gasteiger partial charge is 0.243 e. The van der Waals surface area contributed by atoms with Gasteiger partial charge in [0.1, 0.15) is 6.04 Å². The summed E-state index contributed by atoms with van der Waals surface area (Å²) in [6.07, 6.45) is 2.35. The molecule has 3 N–H and O–H groups in total. The van der Waals surface area contributed by atoms with Crippen molar-refractivity contribution in [2.45, 2.75) is 31.8 Å². The largest absolute Gasteiger partial charge is 0.353 e. The zero-order valence-corrected chi connectivity index (χ0v) is 10.8. The monoisotopic (exact) mass is 257 g/mol. The van der Waals surface area contributed by atoms with Crippen LogP contribution in [-0.4, -0.2) is 47.0 Å². The molecule has 1 saturated carbocycles. The van der Waals surface area contributed by atoms with E-state index in [0.29, 0.717) is 24.1 Å². The van der Waals surface area contributed by atoms with Crippen LogP contribution in [0, 0.1) is 5.92 Å². The summed E-state index contributed by atoms with van der Waals surface area (Å²) >= 11 is 1.61. The van der Waals surface area contributed by atoms with Crippen LogP contribution in [0.4, 0.5) is 0 Å². The Morgan fingerprint density at radius 1 is 1.53 bits per heavy atom. The van der Waals surface area contributed by atoms with E-state index in [0.717, 1.165) is 0 Å². The van der Waals surface area contributed by atoms with Gasteiger partial charge in [-0.1, -0.05) is 0 Å². The first kappa shape index (κ1) is 12.7. The van der Waals surface area contributed by atoms with Crippen molar-refractivity contribution >= 4 is 23.6 Å². The van der Waals surface area contributed by atoms with Crippen LogP contribution in [0.3, 0.4) is 0 Å². The molecular weight excluding hydrogens is 238 g/mol. The second-order valence-corrected chi connectivity index (χ2v) is 5.75. The van der Waals surface area contributed by atoms with E-state index in [1.54, 1.807) is 16.7 Å². The first-order chi connectivity index (χ1) is 8.09. The minimum Gasteiger partial charge on any atom is -0.353 e. The molecule has 2 aliphatic rings. The van der Waals surface area contributed by atoms with Gasteiger partial charge in [-0.15, -0.1) is 11.8 Å². The van der Waals surface area contributed by atoms with Gasteiger partial charge in [0.15, 0.2) is 0 Å². The van der Waals surface area contributed by atoms with Crippen LogP contribution >= 0.6 is 11.8 Å². The molecule has 1 heterocycles. The molecule has 0 aromatic heterocycles. The highest BCUT2D eigenvalue weighted by Gasteiger charge is 2.34. The first-order valence-electron chi connectivity index (χ1n) is 5.98. The van der Waals surface area contributed by atoms with E-state index in [9.17, 15) is 9.59 Å². The minimum atomic E-state index is -0.316. The first-order valence-corrected chi connectivity index (χ1v) is 7.13. The number of amides is 2. The van der Waals surface area contributed by atoms with Crippen LogP contribution in [0.1, 0.15) is 19.8 Å². The summed E-state index contributed by atoms with van der Waals surface area (Å²) in [5.41, 5.74) is 5.92. The standard InChI is InChI=1S/C11H19N3O2S/c1-7(15)14-6-17-5-10(14)11(16)13-4-9(12)8-2-3-8/h8-10H,2-6,12H2,1H3,(H,13,16). The molecule has 1 aliphatic heterocycles. The lowest BCUT2D eigenvalue weighted by Gasteiger charge is -2.22. The van der Waals surface area contributed by atoms with E-state index in [-0.39, 0.29) is 23.9 Å². The van der Waals surface area contributed by atoms with Crippen molar-refractivity contribution in [3.63, 3.8) is 0 Å². The number of carbonyl (C=O) groups is 2. The van der Waals surface area contributed by atoms with E-state index in [1.165, 1.54) is 19.8 Å². The van der Waals surface area contributed by atoms with Gasteiger partial charge in [-0.05, 0) is 18.8 Å². The van der Waals surface area contributed by atoms with Crippen LogP contribution < -0.4 is 11.1 Å². The Kier molecular flexibility index (Phi) is 3.93. The number of nitrogens with zero attached hydrogens (tertiary/aromatic N) is 1. The van der Waals surface area contributed by atoms with Gasteiger partial charge in [0.25, 0.3) is 0 Å². The Morgan fingerprint density at radius 2 is 2.24 bits per heavy atom. The van der Waals surface area contributed by atoms with Crippen molar-refractivity contribution in [2.75, 3.05) is 18.2 Å². The van der Waals surface area contributed by atoms with E-state index >= 15 is 0 Å². The van der Waals surface area contributed by atoms with Gasteiger partial charge in [0.2, 0.25) is 11.8 Å². The zero-order chi connectivity index (χ0) is 12.4. The van der Waals surface area contributed by atoms with E-state index in [2.05, 4.69) is 5.32 Å². The molecule has 2 rings (SSSR count). The average molecular weight is 257 g/mol. The molecule has 1 aliphatic carbocycles. The number of hydrogen-bond acceptors (Lipinski definition) is 4. The molecule has 0 spiro atoms. The van der Waals surface area contributed by atoms with Gasteiger partial charge in [0.05, 0.1) is 5.88 Å². The van der Waals surface area contributed by atoms with E-state index in [1.807, 2.05) is 0 Å². The van der Waals surface area contributed by atoms with Crippen molar-refractivity contribution in [1.29, 1.82) is 0 Å². The molecule has 17 heavy (non-hydrogen) atoms. The van der Waals surface area contributed by atoms with Crippen molar-refractivity contribution in [3.8, 4) is 0 Å². The summed E-state index contributed by atoms with van der Waals surface area (Å²) in [6, 6.07) is -0.248. The normalized spacial score (nSPS) is 25.8. The molecule has 6 heteroatoms. The fourth-order valence-corrected chi connectivity index (χ4v) is 3.22. The third kappa shape index (κ3) is 3.13. The van der Waals surface area contributed by atoms with Crippen molar-refractivity contribution in [3.05, 3.63) is 0 Å².